The number of alkyl halides is 3. The average molecular weight is 301 g/mol. The van der Waals surface area contributed by atoms with Crippen molar-refractivity contribution in [1.82, 2.24) is 5.32 Å². The van der Waals surface area contributed by atoms with Crippen LogP contribution in [0.25, 0.3) is 0 Å². The van der Waals surface area contributed by atoms with Gasteiger partial charge in [0.15, 0.2) is 0 Å². The van der Waals surface area contributed by atoms with Gasteiger partial charge in [0, 0.05) is 6.04 Å². The number of benzene rings is 1. The van der Waals surface area contributed by atoms with Crippen LogP contribution in [-0.2, 0) is 0 Å². The minimum Gasteiger partial charge on any atom is -0.405 e. The predicted octanol–water partition coefficient (Wildman–Crippen LogP) is 4.61. The number of hydrogen-bond donors (Lipinski definition) is 1. The maximum Gasteiger partial charge on any atom is 0.573 e. The Hall–Kier alpha value is -1.23. The first-order valence-electron chi connectivity index (χ1n) is 7.57. The first-order valence-corrected chi connectivity index (χ1v) is 7.57. The Labute approximate surface area is 123 Å². The van der Waals surface area contributed by atoms with E-state index >= 15 is 0 Å². The molecule has 0 spiro atoms. The summed E-state index contributed by atoms with van der Waals surface area (Å²) < 4.78 is 41.8. The molecule has 1 aliphatic carbocycles. The number of rotatable bonds is 4. The van der Waals surface area contributed by atoms with Gasteiger partial charge in [-0.3, -0.25) is 0 Å². The first-order chi connectivity index (χ1) is 9.99. The number of halogens is 3. The number of para-hydroxylation sites is 1. The zero-order valence-corrected chi connectivity index (χ0v) is 12.2. The lowest BCUT2D eigenvalue weighted by Gasteiger charge is -2.23. The Bertz CT molecular complexity index is 447. The number of ether oxygens (including phenoxy) is 1. The van der Waals surface area contributed by atoms with Crippen molar-refractivity contribution in [2.45, 2.75) is 57.3 Å². The summed E-state index contributed by atoms with van der Waals surface area (Å²) >= 11 is 0. The van der Waals surface area contributed by atoms with Crippen LogP contribution in [0.1, 0.15) is 50.5 Å². The van der Waals surface area contributed by atoms with E-state index in [0.717, 1.165) is 38.6 Å². The topological polar surface area (TPSA) is 21.3 Å². The highest BCUT2D eigenvalue weighted by Gasteiger charge is 2.33. The molecule has 0 aliphatic heterocycles. The molecular formula is C16H22F3NO. The Morgan fingerprint density at radius 3 is 2.62 bits per heavy atom. The molecule has 1 N–H and O–H groups in total. The summed E-state index contributed by atoms with van der Waals surface area (Å²) in [5.74, 6) is 0.0715. The fourth-order valence-corrected chi connectivity index (χ4v) is 3.15. The number of nitrogens with one attached hydrogen (secondary N) is 1. The maximum atomic E-state index is 12.5. The van der Waals surface area contributed by atoms with Crippen LogP contribution in [0.2, 0.25) is 0 Å². The Kier molecular flexibility index (Phi) is 5.51. The SMILES string of the molecule is CCNC1CCCCC(c2ccccc2OC(F)(F)F)C1. The van der Waals surface area contributed by atoms with Gasteiger partial charge in [0.1, 0.15) is 5.75 Å². The summed E-state index contributed by atoms with van der Waals surface area (Å²) in [5, 5.41) is 3.43. The van der Waals surface area contributed by atoms with Crippen molar-refractivity contribution < 1.29 is 17.9 Å². The third-order valence-electron chi connectivity index (χ3n) is 4.00. The molecule has 2 unspecified atom stereocenters. The van der Waals surface area contributed by atoms with E-state index in [-0.39, 0.29) is 11.7 Å². The molecule has 0 radical (unpaired) electrons. The van der Waals surface area contributed by atoms with Crippen LogP contribution in [0.15, 0.2) is 24.3 Å². The van der Waals surface area contributed by atoms with E-state index < -0.39 is 6.36 Å². The van der Waals surface area contributed by atoms with Gasteiger partial charge < -0.3 is 10.1 Å². The average Bonchev–Trinajstić information content (AvgIpc) is 2.63. The van der Waals surface area contributed by atoms with Crippen LogP contribution in [-0.4, -0.2) is 18.9 Å². The van der Waals surface area contributed by atoms with Crippen LogP contribution in [0.5, 0.6) is 5.75 Å². The van der Waals surface area contributed by atoms with Crippen molar-refractivity contribution in [1.29, 1.82) is 0 Å². The molecule has 0 amide bonds. The molecule has 2 rings (SSSR count). The molecule has 0 heterocycles. The van der Waals surface area contributed by atoms with E-state index in [2.05, 4.69) is 17.0 Å². The Morgan fingerprint density at radius 2 is 1.90 bits per heavy atom. The molecule has 2 atom stereocenters. The first kappa shape index (κ1) is 16.1. The van der Waals surface area contributed by atoms with E-state index in [4.69, 9.17) is 0 Å². The normalized spacial score (nSPS) is 23.6. The molecule has 118 valence electrons. The highest BCUT2D eigenvalue weighted by Crippen LogP contribution is 2.38. The van der Waals surface area contributed by atoms with Crippen LogP contribution in [0.3, 0.4) is 0 Å². The summed E-state index contributed by atoms with van der Waals surface area (Å²) in [6, 6.07) is 6.92. The summed E-state index contributed by atoms with van der Waals surface area (Å²) in [5.41, 5.74) is 0.680. The third-order valence-corrected chi connectivity index (χ3v) is 4.00. The predicted molar refractivity (Wildman–Crippen MR) is 76.4 cm³/mol. The fourth-order valence-electron chi connectivity index (χ4n) is 3.15. The lowest BCUT2D eigenvalue weighted by atomic mass is 9.89. The van der Waals surface area contributed by atoms with Gasteiger partial charge in [-0.2, -0.15) is 0 Å². The van der Waals surface area contributed by atoms with E-state index in [1.54, 1.807) is 18.2 Å². The largest absolute Gasteiger partial charge is 0.573 e. The summed E-state index contributed by atoms with van der Waals surface area (Å²) in [4.78, 5) is 0. The summed E-state index contributed by atoms with van der Waals surface area (Å²) in [7, 11) is 0. The molecule has 1 saturated carbocycles. The molecule has 2 nitrogen and oxygen atoms in total. The van der Waals surface area contributed by atoms with Crippen LogP contribution < -0.4 is 10.1 Å². The molecule has 1 aliphatic rings. The lowest BCUT2D eigenvalue weighted by Crippen LogP contribution is -2.29. The standard InChI is InChI=1S/C16H22F3NO/c1-2-20-13-8-4-3-7-12(11-13)14-9-5-6-10-15(14)21-16(17,18)19/h5-6,9-10,12-13,20H,2-4,7-8,11H2,1H3. The van der Waals surface area contributed by atoms with Crippen LogP contribution in [0.4, 0.5) is 13.2 Å². The zero-order chi connectivity index (χ0) is 15.3. The van der Waals surface area contributed by atoms with Crippen molar-refractivity contribution in [3.8, 4) is 5.75 Å². The smallest absolute Gasteiger partial charge is 0.405 e. The zero-order valence-electron chi connectivity index (χ0n) is 12.2. The van der Waals surface area contributed by atoms with Crippen molar-refractivity contribution in [3.05, 3.63) is 29.8 Å². The second kappa shape index (κ2) is 7.16. The van der Waals surface area contributed by atoms with Gasteiger partial charge >= 0.3 is 6.36 Å². The monoisotopic (exact) mass is 301 g/mol. The second-order valence-electron chi connectivity index (χ2n) is 5.56. The molecule has 1 aromatic rings. The summed E-state index contributed by atoms with van der Waals surface area (Å²) in [6.07, 6.45) is 0.407. The molecule has 1 aromatic carbocycles. The third kappa shape index (κ3) is 4.92. The van der Waals surface area contributed by atoms with Crippen molar-refractivity contribution >= 4 is 0 Å². The van der Waals surface area contributed by atoms with Crippen molar-refractivity contribution in [2.75, 3.05) is 6.54 Å². The van der Waals surface area contributed by atoms with Crippen molar-refractivity contribution in [2.24, 2.45) is 0 Å². The van der Waals surface area contributed by atoms with Gasteiger partial charge in [0.25, 0.3) is 0 Å². The van der Waals surface area contributed by atoms with E-state index in [1.165, 1.54) is 6.07 Å². The highest BCUT2D eigenvalue weighted by molar-refractivity contribution is 5.36. The van der Waals surface area contributed by atoms with Crippen LogP contribution >= 0.6 is 0 Å². The minimum absolute atomic E-state index is 0.0489. The lowest BCUT2D eigenvalue weighted by molar-refractivity contribution is -0.275. The number of hydrogen-bond acceptors (Lipinski definition) is 2. The van der Waals surface area contributed by atoms with Gasteiger partial charge in [-0.1, -0.05) is 38.0 Å². The van der Waals surface area contributed by atoms with Crippen LogP contribution in [0, 0.1) is 0 Å². The van der Waals surface area contributed by atoms with E-state index in [1.807, 2.05) is 0 Å². The van der Waals surface area contributed by atoms with Gasteiger partial charge in [-0.05, 0) is 43.4 Å². The van der Waals surface area contributed by atoms with Gasteiger partial charge in [-0.25, -0.2) is 0 Å². The maximum absolute atomic E-state index is 12.5. The molecular weight excluding hydrogens is 279 g/mol. The molecule has 0 saturated heterocycles. The molecule has 1 fully saturated rings. The van der Waals surface area contributed by atoms with Gasteiger partial charge in [0.05, 0.1) is 0 Å². The molecule has 5 heteroatoms. The van der Waals surface area contributed by atoms with Gasteiger partial charge in [0.2, 0.25) is 0 Å². The van der Waals surface area contributed by atoms with E-state index in [0.29, 0.717) is 11.6 Å². The molecule has 0 bridgehead atoms. The highest BCUT2D eigenvalue weighted by atomic mass is 19.4. The molecule has 0 aromatic heterocycles. The fraction of sp³-hybridized carbons (Fsp3) is 0.625. The van der Waals surface area contributed by atoms with E-state index in [9.17, 15) is 13.2 Å². The van der Waals surface area contributed by atoms with Gasteiger partial charge in [-0.15, -0.1) is 13.2 Å². The second-order valence-corrected chi connectivity index (χ2v) is 5.56. The summed E-state index contributed by atoms with van der Waals surface area (Å²) in [6.45, 7) is 2.94. The van der Waals surface area contributed by atoms with Crippen molar-refractivity contribution in [3.63, 3.8) is 0 Å². The Balaban J connectivity index is 2.19. The quantitative estimate of drug-likeness (QED) is 0.820. The Morgan fingerprint density at radius 1 is 1.19 bits per heavy atom. The molecule has 21 heavy (non-hydrogen) atoms. The minimum atomic E-state index is -4.64.